The van der Waals surface area contributed by atoms with E-state index in [0.717, 1.165) is 0 Å². The average Bonchev–Trinajstić information content (AvgIpc) is 2.24. The number of hydrogen-bond donors (Lipinski definition) is 0. The van der Waals surface area contributed by atoms with Gasteiger partial charge in [-0.25, -0.2) is 0 Å². The van der Waals surface area contributed by atoms with Crippen LogP contribution in [-0.4, -0.2) is 18.9 Å². The Morgan fingerprint density at radius 2 is 1.50 bits per heavy atom. The standard InChI is InChI=1S/C5H5B.C4H4BN/c2*1-2-4-6-5-3-1/h1-5H;1-4H. The maximum absolute atomic E-state index is 3.78. The average molecular weight is 153 g/mol. The van der Waals surface area contributed by atoms with Gasteiger partial charge >= 0.3 is 73.3 Å². The van der Waals surface area contributed by atoms with Gasteiger partial charge in [-0.15, -0.1) is 0 Å². The van der Waals surface area contributed by atoms with E-state index in [1.807, 2.05) is 55.1 Å². The second-order valence-corrected chi connectivity index (χ2v) is 2.18. The Labute approximate surface area is 73.9 Å². The molecule has 2 heterocycles. The van der Waals surface area contributed by atoms with Gasteiger partial charge in [-0.05, 0) is 0 Å². The molecule has 1 nitrogen and oxygen atoms in total. The molecule has 2 rings (SSSR count). The number of rotatable bonds is 0. The summed E-state index contributed by atoms with van der Waals surface area (Å²) in [6.07, 6.45) is 1.75. The molecule has 0 unspecified atom stereocenters. The molecule has 0 aliphatic rings. The van der Waals surface area contributed by atoms with Crippen LogP contribution in [0.4, 0.5) is 0 Å². The SMILES string of the molecule is b1ccccc1.b1ccccn1. The van der Waals surface area contributed by atoms with Crippen molar-refractivity contribution in [3.05, 3.63) is 54.4 Å². The van der Waals surface area contributed by atoms with Crippen molar-refractivity contribution in [2.45, 2.75) is 0 Å². The Kier molecular flexibility index (Phi) is 4.77. The summed E-state index contributed by atoms with van der Waals surface area (Å²) in [5.74, 6) is 5.89. The van der Waals surface area contributed by atoms with Crippen LogP contribution < -0.4 is 0 Å². The minimum atomic E-state index is 1.75. The van der Waals surface area contributed by atoms with E-state index in [1.165, 1.54) is 0 Å². The Morgan fingerprint density at radius 3 is 1.67 bits per heavy atom. The molecule has 2 aromatic heterocycles. The first-order chi connectivity index (χ1) is 6.00. The van der Waals surface area contributed by atoms with E-state index in [-0.39, 0.29) is 0 Å². The van der Waals surface area contributed by atoms with Gasteiger partial charge in [0.15, 0.2) is 0 Å². The third-order valence-corrected chi connectivity index (χ3v) is 1.23. The number of aromatic nitrogens is 1. The monoisotopic (exact) mass is 153 g/mol. The first-order valence-electron chi connectivity index (χ1n) is 3.85. The molecular formula is C9H9B2N. The molecule has 56 valence electrons. The first kappa shape index (κ1) is 8.85. The fourth-order valence-corrected chi connectivity index (χ4v) is 0.698. The predicted octanol–water partition coefficient (Wildman–Crippen LogP) is 1.44. The van der Waals surface area contributed by atoms with Gasteiger partial charge in [0.05, 0.1) is 0 Å². The van der Waals surface area contributed by atoms with Crippen LogP contribution in [-0.2, 0) is 0 Å². The molecule has 0 aliphatic heterocycles. The van der Waals surface area contributed by atoms with Gasteiger partial charge in [0.2, 0.25) is 0 Å². The molecule has 2 aromatic rings. The molecule has 0 spiro atoms. The Balaban J connectivity index is 0.000000120. The van der Waals surface area contributed by atoms with Gasteiger partial charge in [-0.2, -0.15) is 0 Å². The van der Waals surface area contributed by atoms with Gasteiger partial charge < -0.3 is 0 Å². The molecule has 0 saturated heterocycles. The van der Waals surface area contributed by atoms with Crippen LogP contribution in [0.3, 0.4) is 0 Å². The molecule has 0 N–H and O–H groups in total. The van der Waals surface area contributed by atoms with E-state index in [1.54, 1.807) is 13.2 Å². The summed E-state index contributed by atoms with van der Waals surface area (Å²) in [4.78, 5) is 3.78. The molecule has 0 fully saturated rings. The Morgan fingerprint density at radius 1 is 0.750 bits per heavy atom. The van der Waals surface area contributed by atoms with Crippen molar-refractivity contribution in [3.63, 3.8) is 0 Å². The van der Waals surface area contributed by atoms with Crippen LogP contribution in [0.25, 0.3) is 0 Å². The van der Waals surface area contributed by atoms with E-state index in [9.17, 15) is 0 Å². The Hall–Kier alpha value is -1.24. The molecular weight excluding hydrogens is 144 g/mol. The van der Waals surface area contributed by atoms with E-state index >= 15 is 0 Å². The topological polar surface area (TPSA) is 12.9 Å². The second kappa shape index (κ2) is 6.47. The molecule has 0 aromatic carbocycles. The number of nitrogens with zero attached hydrogens (tertiary/aromatic N) is 1. The van der Waals surface area contributed by atoms with E-state index < -0.39 is 0 Å². The van der Waals surface area contributed by atoms with Crippen molar-refractivity contribution < 1.29 is 0 Å². The molecule has 0 aliphatic carbocycles. The van der Waals surface area contributed by atoms with Gasteiger partial charge in [0.25, 0.3) is 0 Å². The van der Waals surface area contributed by atoms with Crippen molar-refractivity contribution >= 4 is 14.0 Å². The zero-order valence-corrected chi connectivity index (χ0v) is 6.80. The third kappa shape index (κ3) is 4.56. The van der Waals surface area contributed by atoms with Crippen LogP contribution in [0, 0.1) is 0 Å². The molecule has 0 bridgehead atoms. The molecule has 0 amide bonds. The Bertz CT molecular complexity index is 188. The first-order valence-corrected chi connectivity index (χ1v) is 3.85. The molecule has 0 saturated carbocycles. The van der Waals surface area contributed by atoms with Crippen molar-refractivity contribution in [1.82, 2.24) is 4.89 Å². The van der Waals surface area contributed by atoms with Gasteiger partial charge in [0, 0.05) is 0 Å². The molecule has 3 heteroatoms. The van der Waals surface area contributed by atoms with Crippen LogP contribution in [0.2, 0.25) is 0 Å². The van der Waals surface area contributed by atoms with E-state index in [4.69, 9.17) is 0 Å². The van der Waals surface area contributed by atoms with Crippen molar-refractivity contribution in [2.75, 3.05) is 0 Å². The van der Waals surface area contributed by atoms with E-state index in [2.05, 4.69) is 4.89 Å². The normalized spacial score (nSPS) is 7.33. The molecule has 0 radical (unpaired) electrons. The summed E-state index contributed by atoms with van der Waals surface area (Å²) >= 11 is 0. The zero-order valence-electron chi connectivity index (χ0n) is 6.80. The van der Waals surface area contributed by atoms with Crippen LogP contribution in [0.15, 0.2) is 54.4 Å². The summed E-state index contributed by atoms with van der Waals surface area (Å²) in [5.41, 5.74) is 0. The summed E-state index contributed by atoms with van der Waals surface area (Å²) in [5, 5.41) is 0. The van der Waals surface area contributed by atoms with Crippen molar-refractivity contribution in [3.8, 4) is 0 Å². The zero-order chi connectivity index (χ0) is 8.49. The fraction of sp³-hybridized carbons (Fsp3) is 0. The van der Waals surface area contributed by atoms with E-state index in [0.29, 0.717) is 0 Å². The fourth-order valence-electron chi connectivity index (χ4n) is 0.698. The van der Waals surface area contributed by atoms with Gasteiger partial charge in [-0.3, -0.25) is 0 Å². The van der Waals surface area contributed by atoms with Crippen LogP contribution in [0.5, 0.6) is 0 Å². The summed E-state index contributed by atoms with van der Waals surface area (Å²) in [6.45, 7) is 2.00. The van der Waals surface area contributed by atoms with Gasteiger partial charge in [0.1, 0.15) is 0 Å². The van der Waals surface area contributed by atoms with Gasteiger partial charge in [-0.1, -0.05) is 0 Å². The summed E-state index contributed by atoms with van der Waals surface area (Å²) < 4.78 is 0. The van der Waals surface area contributed by atoms with Crippen LogP contribution in [0.1, 0.15) is 0 Å². The summed E-state index contributed by atoms with van der Waals surface area (Å²) in [6, 6.07) is 9.83. The molecule has 12 heavy (non-hydrogen) atoms. The number of hydrogen-bond acceptors (Lipinski definition) is 1. The second-order valence-electron chi connectivity index (χ2n) is 2.18. The molecule has 0 atom stereocenters. The maximum atomic E-state index is 3.78. The minimum absolute atomic E-state index is 1.75. The quantitative estimate of drug-likeness (QED) is 0.557. The summed E-state index contributed by atoms with van der Waals surface area (Å²) in [7, 11) is 1.75. The predicted molar refractivity (Wildman–Crippen MR) is 53.4 cm³/mol. The third-order valence-electron chi connectivity index (χ3n) is 1.23. The van der Waals surface area contributed by atoms with Crippen molar-refractivity contribution in [1.29, 1.82) is 0 Å². The van der Waals surface area contributed by atoms with Crippen LogP contribution >= 0.6 is 0 Å². The van der Waals surface area contributed by atoms with Crippen molar-refractivity contribution in [2.24, 2.45) is 0 Å².